The lowest BCUT2D eigenvalue weighted by Gasteiger charge is -2.38. The summed E-state index contributed by atoms with van der Waals surface area (Å²) in [6, 6.07) is 1.76. The van der Waals surface area contributed by atoms with Crippen molar-refractivity contribution in [3.63, 3.8) is 0 Å². The van der Waals surface area contributed by atoms with Gasteiger partial charge in [0.2, 0.25) is 5.91 Å². The number of rotatable bonds is 6. The van der Waals surface area contributed by atoms with E-state index in [1.54, 1.807) is 6.07 Å². The second kappa shape index (κ2) is 8.53. The molecule has 25 heavy (non-hydrogen) atoms. The van der Waals surface area contributed by atoms with E-state index in [-0.39, 0.29) is 11.7 Å². The molecule has 1 N–H and O–H groups in total. The van der Waals surface area contributed by atoms with Crippen molar-refractivity contribution in [3.8, 4) is 0 Å². The Balaban J connectivity index is 1.59. The molecule has 0 saturated carbocycles. The van der Waals surface area contributed by atoms with Gasteiger partial charge in [0.05, 0.1) is 19.0 Å². The minimum absolute atomic E-state index is 0.0209. The third-order valence-electron chi connectivity index (χ3n) is 4.23. The van der Waals surface area contributed by atoms with Crippen LogP contribution in [0.4, 0.5) is 5.82 Å². The minimum Gasteiger partial charge on any atom is -0.356 e. The van der Waals surface area contributed by atoms with Gasteiger partial charge in [-0.1, -0.05) is 30.3 Å². The summed E-state index contributed by atoms with van der Waals surface area (Å²) in [6.07, 6.45) is 2.52. The molecule has 1 spiro atoms. The normalized spacial score (nSPS) is 19.4. The number of hydrogen-bond acceptors (Lipinski definition) is 7. The lowest BCUT2D eigenvalue weighted by molar-refractivity contribution is -0.169. The van der Waals surface area contributed by atoms with Crippen molar-refractivity contribution in [2.45, 2.75) is 37.1 Å². The number of nitrogens with one attached hydrogen (secondary N) is 1. The van der Waals surface area contributed by atoms with Gasteiger partial charge in [0.25, 0.3) is 0 Å². The molecule has 1 aromatic rings. The van der Waals surface area contributed by atoms with Crippen LogP contribution in [0.1, 0.15) is 26.2 Å². The van der Waals surface area contributed by atoms with E-state index < -0.39 is 5.79 Å². The summed E-state index contributed by atoms with van der Waals surface area (Å²) in [7, 11) is 0. The van der Waals surface area contributed by atoms with E-state index in [2.05, 4.69) is 20.2 Å². The summed E-state index contributed by atoms with van der Waals surface area (Å²) in [5.41, 5.74) is 0. The highest BCUT2D eigenvalue weighted by atomic mass is 35.5. The van der Waals surface area contributed by atoms with Crippen LogP contribution in [-0.2, 0) is 14.3 Å². The highest BCUT2D eigenvalue weighted by Gasteiger charge is 2.40. The SMILES string of the molecule is CCCNC(=O)CSc1nc(Cl)cc(N2CCC3(CC2)OCCO3)n1. The smallest absolute Gasteiger partial charge is 0.230 e. The van der Waals surface area contributed by atoms with Crippen molar-refractivity contribution >= 4 is 35.1 Å². The zero-order chi connectivity index (χ0) is 17.7. The molecule has 2 fully saturated rings. The molecule has 0 aromatic carbocycles. The van der Waals surface area contributed by atoms with E-state index in [0.717, 1.165) is 38.2 Å². The van der Waals surface area contributed by atoms with Crippen molar-refractivity contribution in [2.24, 2.45) is 0 Å². The van der Waals surface area contributed by atoms with Crippen LogP contribution in [0.5, 0.6) is 0 Å². The van der Waals surface area contributed by atoms with Gasteiger partial charge in [-0.2, -0.15) is 0 Å². The summed E-state index contributed by atoms with van der Waals surface area (Å²) in [5.74, 6) is 0.629. The lowest BCUT2D eigenvalue weighted by atomic mass is 10.0. The van der Waals surface area contributed by atoms with Crippen molar-refractivity contribution in [1.29, 1.82) is 0 Å². The molecule has 9 heteroatoms. The zero-order valence-electron chi connectivity index (χ0n) is 14.3. The molecule has 7 nitrogen and oxygen atoms in total. The first-order valence-corrected chi connectivity index (χ1v) is 9.93. The Labute approximate surface area is 156 Å². The molecule has 0 aliphatic carbocycles. The third kappa shape index (κ3) is 4.97. The van der Waals surface area contributed by atoms with Gasteiger partial charge >= 0.3 is 0 Å². The number of thioether (sulfide) groups is 1. The van der Waals surface area contributed by atoms with Gasteiger partial charge in [0.15, 0.2) is 10.9 Å². The number of carbonyl (C=O) groups excluding carboxylic acids is 1. The van der Waals surface area contributed by atoms with Crippen molar-refractivity contribution in [2.75, 3.05) is 43.5 Å². The van der Waals surface area contributed by atoms with E-state index in [1.807, 2.05) is 6.92 Å². The average Bonchev–Trinajstić information content (AvgIpc) is 3.06. The summed E-state index contributed by atoms with van der Waals surface area (Å²) in [6.45, 7) is 5.61. The average molecular weight is 387 g/mol. The fourth-order valence-electron chi connectivity index (χ4n) is 2.92. The van der Waals surface area contributed by atoms with Crippen LogP contribution in [0.15, 0.2) is 11.2 Å². The Kier molecular flexibility index (Phi) is 6.38. The fraction of sp³-hybridized carbons (Fsp3) is 0.688. The maximum absolute atomic E-state index is 11.7. The van der Waals surface area contributed by atoms with Crippen LogP contribution in [0.3, 0.4) is 0 Å². The summed E-state index contributed by atoms with van der Waals surface area (Å²) >= 11 is 7.44. The van der Waals surface area contributed by atoms with Crippen LogP contribution < -0.4 is 10.2 Å². The Morgan fingerprint density at radius 3 is 2.76 bits per heavy atom. The van der Waals surface area contributed by atoms with E-state index in [4.69, 9.17) is 21.1 Å². The lowest BCUT2D eigenvalue weighted by Crippen LogP contribution is -2.45. The molecule has 0 bridgehead atoms. The number of aromatic nitrogens is 2. The molecule has 0 unspecified atom stereocenters. The highest BCUT2D eigenvalue weighted by Crippen LogP contribution is 2.33. The summed E-state index contributed by atoms with van der Waals surface area (Å²) in [4.78, 5) is 22.7. The quantitative estimate of drug-likeness (QED) is 0.455. The van der Waals surface area contributed by atoms with Gasteiger partial charge in [-0.15, -0.1) is 0 Å². The molecule has 138 valence electrons. The van der Waals surface area contributed by atoms with Gasteiger partial charge in [-0.25, -0.2) is 9.97 Å². The topological polar surface area (TPSA) is 76.6 Å². The number of anilines is 1. The van der Waals surface area contributed by atoms with Gasteiger partial charge in [-0.3, -0.25) is 4.79 Å². The molecule has 3 rings (SSSR count). The summed E-state index contributed by atoms with van der Waals surface area (Å²) < 4.78 is 11.5. The Bertz CT molecular complexity index is 603. The molecular formula is C16H23ClN4O3S. The maximum atomic E-state index is 11.7. The van der Waals surface area contributed by atoms with E-state index in [1.165, 1.54) is 11.8 Å². The predicted molar refractivity (Wildman–Crippen MR) is 97.1 cm³/mol. The first-order valence-electron chi connectivity index (χ1n) is 8.57. The number of carbonyl (C=O) groups is 1. The third-order valence-corrected chi connectivity index (χ3v) is 5.27. The molecule has 0 radical (unpaired) electrons. The number of hydrogen-bond donors (Lipinski definition) is 1. The monoisotopic (exact) mass is 386 g/mol. The standard InChI is InChI=1S/C16H23ClN4O3S/c1-2-5-18-14(22)11-25-15-19-12(17)10-13(20-15)21-6-3-16(4-7-21)23-8-9-24-16/h10H,2-9,11H2,1H3,(H,18,22). The Hall–Kier alpha value is -1.09. The van der Waals surface area contributed by atoms with Gasteiger partial charge < -0.3 is 19.7 Å². The molecular weight excluding hydrogens is 364 g/mol. The van der Waals surface area contributed by atoms with Crippen LogP contribution >= 0.6 is 23.4 Å². The van der Waals surface area contributed by atoms with Crippen LogP contribution in [0.25, 0.3) is 0 Å². The molecule has 3 heterocycles. The molecule has 1 amide bonds. The van der Waals surface area contributed by atoms with Crippen molar-refractivity contribution in [3.05, 3.63) is 11.2 Å². The van der Waals surface area contributed by atoms with Crippen molar-refractivity contribution < 1.29 is 14.3 Å². The highest BCUT2D eigenvalue weighted by molar-refractivity contribution is 7.99. The van der Waals surface area contributed by atoms with Gasteiger partial charge in [0.1, 0.15) is 11.0 Å². The number of piperidine rings is 1. The zero-order valence-corrected chi connectivity index (χ0v) is 15.9. The second-order valence-electron chi connectivity index (χ2n) is 6.06. The maximum Gasteiger partial charge on any atom is 0.230 e. The van der Waals surface area contributed by atoms with E-state index >= 15 is 0 Å². The predicted octanol–water partition coefficient (Wildman–Crippen LogP) is 2.09. The number of nitrogens with zero attached hydrogens (tertiary/aromatic N) is 3. The number of amides is 1. The van der Waals surface area contributed by atoms with E-state index in [0.29, 0.717) is 30.1 Å². The van der Waals surface area contributed by atoms with Crippen LogP contribution in [-0.4, -0.2) is 60.3 Å². The Morgan fingerprint density at radius 2 is 2.08 bits per heavy atom. The summed E-state index contributed by atoms with van der Waals surface area (Å²) in [5, 5.41) is 3.74. The molecule has 0 atom stereocenters. The second-order valence-corrected chi connectivity index (χ2v) is 7.39. The Morgan fingerprint density at radius 1 is 1.36 bits per heavy atom. The van der Waals surface area contributed by atoms with Gasteiger partial charge in [-0.05, 0) is 6.42 Å². The molecule has 2 aliphatic rings. The number of ether oxygens (including phenoxy) is 2. The first-order chi connectivity index (χ1) is 12.1. The van der Waals surface area contributed by atoms with Crippen LogP contribution in [0.2, 0.25) is 5.15 Å². The van der Waals surface area contributed by atoms with E-state index in [9.17, 15) is 4.79 Å². The van der Waals surface area contributed by atoms with Gasteiger partial charge in [0, 0.05) is 38.5 Å². The fourth-order valence-corrected chi connectivity index (χ4v) is 3.83. The molecule has 2 saturated heterocycles. The largest absolute Gasteiger partial charge is 0.356 e. The number of halogens is 1. The minimum atomic E-state index is -0.414. The molecule has 2 aliphatic heterocycles. The first kappa shape index (κ1) is 18.7. The van der Waals surface area contributed by atoms with Crippen LogP contribution in [0, 0.1) is 0 Å². The van der Waals surface area contributed by atoms with Crippen molar-refractivity contribution in [1.82, 2.24) is 15.3 Å². The molecule has 1 aromatic heterocycles.